The quantitative estimate of drug-likeness (QED) is 0.628. The summed E-state index contributed by atoms with van der Waals surface area (Å²) in [6.45, 7) is 9.48. The van der Waals surface area contributed by atoms with Gasteiger partial charge in [-0.2, -0.15) is 0 Å². The number of carbonyl (C=O) groups is 1. The number of nitrogens with one attached hydrogen (secondary N) is 1. The molecule has 0 aliphatic carbocycles. The lowest BCUT2D eigenvalue weighted by atomic mass is 10.2. The van der Waals surface area contributed by atoms with Gasteiger partial charge in [-0.15, -0.1) is 0 Å². The fourth-order valence-corrected chi connectivity index (χ4v) is 2.42. The minimum absolute atomic E-state index is 0.120. The van der Waals surface area contributed by atoms with Crippen LogP contribution in [-0.2, 0) is 17.8 Å². The van der Waals surface area contributed by atoms with E-state index in [-0.39, 0.29) is 5.91 Å². The van der Waals surface area contributed by atoms with E-state index < -0.39 is 0 Å². The molecule has 1 heterocycles. The number of aromatic nitrogens is 2. The van der Waals surface area contributed by atoms with Crippen LogP contribution in [0.5, 0.6) is 0 Å². The molecule has 0 radical (unpaired) electrons. The van der Waals surface area contributed by atoms with E-state index in [9.17, 15) is 4.79 Å². The third-order valence-corrected chi connectivity index (χ3v) is 3.34. The Morgan fingerprint density at radius 2 is 2.19 bits per heavy atom. The first-order chi connectivity index (χ1) is 10.1. The van der Waals surface area contributed by atoms with Crippen molar-refractivity contribution in [2.45, 2.75) is 33.2 Å². The number of hydrogen-bond acceptors (Lipinski definition) is 2. The lowest BCUT2D eigenvalue weighted by Crippen LogP contribution is -2.22. The summed E-state index contributed by atoms with van der Waals surface area (Å²) in [6.07, 6.45) is 3.04. The Labute approximate surface area is 125 Å². The van der Waals surface area contributed by atoms with Gasteiger partial charge in [0.2, 0.25) is 5.91 Å². The van der Waals surface area contributed by atoms with E-state index in [4.69, 9.17) is 4.98 Å². The number of aryl methyl sites for hydroxylation is 1. The van der Waals surface area contributed by atoms with Gasteiger partial charge in [-0.3, -0.25) is 4.79 Å². The van der Waals surface area contributed by atoms with Crippen LogP contribution in [0.25, 0.3) is 11.0 Å². The molecule has 0 bridgehead atoms. The van der Waals surface area contributed by atoms with Gasteiger partial charge in [0.05, 0.1) is 11.0 Å². The highest BCUT2D eigenvalue weighted by Gasteiger charge is 2.11. The standard InChI is InChI=1S/C17H23N3O/c1-4-17(21)18-11-7-10-16-19-14-8-5-6-9-15(14)20(16)12-13(2)3/h4-6,8-9,13H,1,7,10-12H2,2-3H3,(H,18,21). The fourth-order valence-electron chi connectivity index (χ4n) is 2.42. The summed E-state index contributed by atoms with van der Waals surface area (Å²) in [5.41, 5.74) is 2.24. The second kappa shape index (κ2) is 7.07. The second-order valence-electron chi connectivity index (χ2n) is 5.62. The summed E-state index contributed by atoms with van der Waals surface area (Å²) in [5, 5.41) is 2.80. The second-order valence-corrected chi connectivity index (χ2v) is 5.62. The minimum Gasteiger partial charge on any atom is -0.353 e. The average molecular weight is 285 g/mol. The van der Waals surface area contributed by atoms with Crippen molar-refractivity contribution in [1.29, 1.82) is 0 Å². The molecule has 1 aromatic carbocycles. The summed E-state index contributed by atoms with van der Waals surface area (Å²) < 4.78 is 2.30. The largest absolute Gasteiger partial charge is 0.353 e. The maximum Gasteiger partial charge on any atom is 0.243 e. The number of carbonyl (C=O) groups excluding carboxylic acids is 1. The van der Waals surface area contributed by atoms with Crippen LogP contribution < -0.4 is 5.32 Å². The molecule has 0 aliphatic heterocycles. The summed E-state index contributed by atoms with van der Waals surface area (Å²) in [6, 6.07) is 8.24. The molecular formula is C17H23N3O. The van der Waals surface area contributed by atoms with Crippen molar-refractivity contribution < 1.29 is 4.79 Å². The third kappa shape index (κ3) is 3.94. The molecular weight excluding hydrogens is 262 g/mol. The third-order valence-electron chi connectivity index (χ3n) is 3.34. The molecule has 0 spiro atoms. The van der Waals surface area contributed by atoms with Gasteiger partial charge in [-0.1, -0.05) is 32.6 Å². The minimum atomic E-state index is -0.120. The van der Waals surface area contributed by atoms with E-state index in [1.54, 1.807) is 0 Å². The van der Waals surface area contributed by atoms with Gasteiger partial charge >= 0.3 is 0 Å². The van der Waals surface area contributed by atoms with Crippen LogP contribution in [0, 0.1) is 5.92 Å². The zero-order valence-electron chi connectivity index (χ0n) is 12.8. The molecule has 0 unspecified atom stereocenters. The van der Waals surface area contributed by atoms with Crippen molar-refractivity contribution in [3.8, 4) is 0 Å². The first-order valence-corrected chi connectivity index (χ1v) is 7.46. The Kier molecular flexibility index (Phi) is 5.14. The molecule has 112 valence electrons. The van der Waals surface area contributed by atoms with Crippen molar-refractivity contribution in [3.05, 3.63) is 42.7 Å². The molecule has 0 fully saturated rings. The number of benzene rings is 1. The fraction of sp³-hybridized carbons (Fsp3) is 0.412. The number of rotatable bonds is 7. The molecule has 0 saturated carbocycles. The molecule has 2 aromatic rings. The van der Waals surface area contributed by atoms with E-state index in [1.807, 2.05) is 6.07 Å². The number of imidazole rings is 1. The van der Waals surface area contributed by atoms with Crippen LogP contribution in [-0.4, -0.2) is 22.0 Å². The Balaban J connectivity index is 2.10. The van der Waals surface area contributed by atoms with Gasteiger partial charge in [-0.25, -0.2) is 4.98 Å². The molecule has 21 heavy (non-hydrogen) atoms. The molecule has 4 nitrogen and oxygen atoms in total. The molecule has 0 saturated heterocycles. The van der Waals surface area contributed by atoms with Crippen molar-refractivity contribution in [2.75, 3.05) is 6.54 Å². The predicted molar refractivity (Wildman–Crippen MR) is 86.1 cm³/mol. The lowest BCUT2D eigenvalue weighted by Gasteiger charge is -2.11. The van der Waals surface area contributed by atoms with Gasteiger partial charge in [0.25, 0.3) is 0 Å². The highest BCUT2D eigenvalue weighted by atomic mass is 16.1. The Morgan fingerprint density at radius 3 is 2.90 bits per heavy atom. The van der Waals surface area contributed by atoms with Crippen molar-refractivity contribution in [3.63, 3.8) is 0 Å². The van der Waals surface area contributed by atoms with Crippen LogP contribution >= 0.6 is 0 Å². The monoisotopic (exact) mass is 285 g/mol. The predicted octanol–water partition coefficient (Wildman–Crippen LogP) is 2.93. The molecule has 2 rings (SSSR count). The van der Waals surface area contributed by atoms with Gasteiger partial charge in [-0.05, 0) is 30.5 Å². The molecule has 4 heteroatoms. The van der Waals surface area contributed by atoms with E-state index >= 15 is 0 Å². The van der Waals surface area contributed by atoms with Crippen molar-refractivity contribution >= 4 is 16.9 Å². The Morgan fingerprint density at radius 1 is 1.43 bits per heavy atom. The highest BCUT2D eigenvalue weighted by Crippen LogP contribution is 2.18. The Bertz CT molecular complexity index is 628. The summed E-state index contributed by atoms with van der Waals surface area (Å²) in [7, 11) is 0. The normalized spacial score (nSPS) is 11.0. The van der Waals surface area contributed by atoms with Crippen LogP contribution in [0.1, 0.15) is 26.1 Å². The number of amides is 1. The zero-order valence-corrected chi connectivity index (χ0v) is 12.8. The molecule has 1 aromatic heterocycles. The van der Waals surface area contributed by atoms with Gasteiger partial charge in [0.1, 0.15) is 5.82 Å². The van der Waals surface area contributed by atoms with E-state index in [1.165, 1.54) is 11.6 Å². The maximum atomic E-state index is 11.1. The lowest BCUT2D eigenvalue weighted by molar-refractivity contribution is -0.116. The molecule has 1 N–H and O–H groups in total. The van der Waals surface area contributed by atoms with Gasteiger partial charge < -0.3 is 9.88 Å². The number of nitrogens with zero attached hydrogens (tertiary/aromatic N) is 2. The first-order valence-electron chi connectivity index (χ1n) is 7.46. The van der Waals surface area contributed by atoms with E-state index in [0.29, 0.717) is 12.5 Å². The average Bonchev–Trinajstić information content (AvgIpc) is 2.81. The van der Waals surface area contributed by atoms with Crippen molar-refractivity contribution in [2.24, 2.45) is 5.92 Å². The van der Waals surface area contributed by atoms with Gasteiger partial charge in [0, 0.05) is 19.5 Å². The van der Waals surface area contributed by atoms with Crippen molar-refractivity contribution in [1.82, 2.24) is 14.9 Å². The SMILES string of the molecule is C=CC(=O)NCCCc1nc2ccccc2n1CC(C)C. The number of para-hydroxylation sites is 2. The summed E-state index contributed by atoms with van der Waals surface area (Å²) in [5.74, 6) is 1.55. The smallest absolute Gasteiger partial charge is 0.243 e. The van der Waals surface area contributed by atoms with Gasteiger partial charge in [0.15, 0.2) is 0 Å². The highest BCUT2D eigenvalue weighted by molar-refractivity contribution is 5.86. The van der Waals surface area contributed by atoms with Crippen LogP contribution in [0.2, 0.25) is 0 Å². The Hall–Kier alpha value is -2.10. The van der Waals surface area contributed by atoms with Crippen LogP contribution in [0.3, 0.4) is 0 Å². The zero-order chi connectivity index (χ0) is 15.2. The first kappa shape index (κ1) is 15.3. The topological polar surface area (TPSA) is 46.9 Å². The van der Waals surface area contributed by atoms with Crippen LogP contribution in [0.4, 0.5) is 0 Å². The van der Waals surface area contributed by atoms with Crippen LogP contribution in [0.15, 0.2) is 36.9 Å². The summed E-state index contributed by atoms with van der Waals surface area (Å²) in [4.78, 5) is 15.9. The summed E-state index contributed by atoms with van der Waals surface area (Å²) >= 11 is 0. The van der Waals surface area contributed by atoms with E-state index in [0.717, 1.165) is 30.7 Å². The molecule has 0 atom stereocenters. The number of hydrogen-bond donors (Lipinski definition) is 1. The maximum absolute atomic E-state index is 11.1. The van der Waals surface area contributed by atoms with E-state index in [2.05, 4.69) is 48.5 Å². The number of fused-ring (bicyclic) bond motifs is 1. The molecule has 1 amide bonds. The molecule has 0 aliphatic rings.